The Kier molecular flexibility index (Phi) is 14.8. The van der Waals surface area contributed by atoms with Gasteiger partial charge in [-0.25, -0.2) is 0 Å². The molecule has 0 aromatic carbocycles. The average molecular weight is 720 g/mol. The normalized spacial score (nSPS) is 50.6. The van der Waals surface area contributed by atoms with Crippen molar-refractivity contribution in [1.29, 1.82) is 0 Å². The zero-order chi connectivity index (χ0) is 38.0. The Morgan fingerprint density at radius 3 is 2.14 bits per heavy atom. The number of aliphatic hydroxyl groups is 6. The third-order valence-electron chi connectivity index (χ3n) is 11.9. The van der Waals surface area contributed by atoms with E-state index in [1.807, 2.05) is 20.8 Å². The number of nitrogens with one attached hydrogen (secondary N) is 1. The zero-order valence-electron chi connectivity index (χ0n) is 32.3. The number of cyclic esters (lactones) is 1. The number of hydrogen-bond donors (Lipinski definition) is 7. The molecule has 3 aliphatic rings. The summed E-state index contributed by atoms with van der Waals surface area (Å²) in [5.74, 6) is -3.21. The molecule has 0 aromatic rings. The van der Waals surface area contributed by atoms with Crippen molar-refractivity contribution in [2.24, 2.45) is 23.7 Å². The fraction of sp³-hybridized carbons (Fsp3) is 0.973. The van der Waals surface area contributed by atoms with Crippen LogP contribution >= 0.6 is 0 Å². The third kappa shape index (κ3) is 9.96. The second kappa shape index (κ2) is 17.0. The first-order valence-electron chi connectivity index (χ1n) is 18.8. The van der Waals surface area contributed by atoms with Crippen molar-refractivity contribution in [3.63, 3.8) is 0 Å². The van der Waals surface area contributed by atoms with Gasteiger partial charge >= 0.3 is 5.97 Å². The van der Waals surface area contributed by atoms with Crippen LogP contribution in [0.15, 0.2) is 0 Å². The van der Waals surface area contributed by atoms with E-state index >= 15 is 0 Å². The number of rotatable bonds is 7. The van der Waals surface area contributed by atoms with Gasteiger partial charge in [-0.05, 0) is 93.0 Å². The van der Waals surface area contributed by atoms with Crippen LogP contribution in [0.25, 0.3) is 0 Å². The summed E-state index contributed by atoms with van der Waals surface area (Å²) >= 11 is 0. The van der Waals surface area contributed by atoms with Crippen LogP contribution in [-0.2, 0) is 28.5 Å². The molecule has 50 heavy (non-hydrogen) atoms. The highest BCUT2D eigenvalue weighted by Gasteiger charge is 2.52. The van der Waals surface area contributed by atoms with Crippen molar-refractivity contribution in [2.45, 2.75) is 192 Å². The second-order valence-corrected chi connectivity index (χ2v) is 16.7. The summed E-state index contributed by atoms with van der Waals surface area (Å²) in [6.07, 6.45) is -5.89. The Morgan fingerprint density at radius 2 is 1.58 bits per heavy atom. The number of hydrogen-bond acceptors (Lipinski definition) is 13. The fourth-order valence-corrected chi connectivity index (χ4v) is 8.30. The molecule has 13 nitrogen and oxygen atoms in total. The van der Waals surface area contributed by atoms with E-state index in [1.54, 1.807) is 48.5 Å². The first kappa shape index (κ1) is 43.4. The van der Waals surface area contributed by atoms with Crippen molar-refractivity contribution in [1.82, 2.24) is 5.32 Å². The highest BCUT2D eigenvalue weighted by Crippen LogP contribution is 2.41. The molecule has 0 amide bonds. The maximum atomic E-state index is 14.1. The van der Waals surface area contributed by atoms with Crippen LogP contribution in [0, 0.1) is 23.7 Å². The monoisotopic (exact) mass is 719 g/mol. The second-order valence-electron chi connectivity index (χ2n) is 16.7. The molecule has 3 saturated heterocycles. The van der Waals surface area contributed by atoms with E-state index in [-0.39, 0.29) is 31.8 Å². The number of carbonyl (C=O) groups is 1. The quantitative estimate of drug-likeness (QED) is 0.190. The molecule has 0 radical (unpaired) electrons. The van der Waals surface area contributed by atoms with Crippen molar-refractivity contribution >= 4 is 5.97 Å². The number of carbonyl (C=O) groups excluding carboxylic acids is 1. The molecule has 17 atom stereocenters. The molecule has 0 saturated carbocycles. The van der Waals surface area contributed by atoms with Crippen LogP contribution < -0.4 is 5.32 Å². The molecule has 13 heteroatoms. The SMILES string of the molecule is CC[C@H]1OC(=O)[C@H](C)[C@@H](OC2C[C@@](C)(O)C(CO)[C@H](C)O2)[C@H](C)[C@@H](O[C@@H]2OC(C)(CC)CC[C@H]2O)[C@](C)(O)C[C@@H](C)CN[C@H](C)[C@@H](O)[C@]1(C)O. The van der Waals surface area contributed by atoms with Gasteiger partial charge in [-0.1, -0.05) is 27.7 Å². The summed E-state index contributed by atoms with van der Waals surface area (Å²) in [6, 6.07) is -0.590. The lowest BCUT2D eigenvalue weighted by atomic mass is 9.77. The van der Waals surface area contributed by atoms with E-state index in [1.165, 1.54) is 6.92 Å². The fourth-order valence-electron chi connectivity index (χ4n) is 8.30. The largest absolute Gasteiger partial charge is 0.459 e. The Hall–Kier alpha value is -0.970. The van der Waals surface area contributed by atoms with Gasteiger partial charge in [-0.2, -0.15) is 0 Å². The van der Waals surface area contributed by atoms with E-state index < -0.39 is 101 Å². The summed E-state index contributed by atoms with van der Waals surface area (Å²) < 4.78 is 31.7. The summed E-state index contributed by atoms with van der Waals surface area (Å²) in [5.41, 5.74) is -5.26. The molecule has 294 valence electrons. The van der Waals surface area contributed by atoms with E-state index in [0.717, 1.165) is 0 Å². The van der Waals surface area contributed by atoms with E-state index in [4.69, 9.17) is 23.7 Å². The van der Waals surface area contributed by atoms with Crippen LogP contribution in [-0.4, -0.2) is 127 Å². The summed E-state index contributed by atoms with van der Waals surface area (Å²) in [7, 11) is 0. The van der Waals surface area contributed by atoms with Crippen molar-refractivity contribution in [3.05, 3.63) is 0 Å². The van der Waals surface area contributed by atoms with Crippen LogP contribution in [0.3, 0.4) is 0 Å². The Bertz CT molecular complexity index is 1090. The molecule has 0 aromatic heterocycles. The van der Waals surface area contributed by atoms with Crippen LogP contribution in [0.1, 0.15) is 115 Å². The molecule has 3 aliphatic heterocycles. The lowest BCUT2D eigenvalue weighted by Crippen LogP contribution is -2.59. The molecule has 3 unspecified atom stereocenters. The maximum Gasteiger partial charge on any atom is 0.311 e. The van der Waals surface area contributed by atoms with E-state index in [2.05, 4.69) is 5.32 Å². The van der Waals surface area contributed by atoms with Gasteiger partial charge in [-0.3, -0.25) is 4.79 Å². The van der Waals surface area contributed by atoms with Gasteiger partial charge in [0.1, 0.15) is 23.9 Å². The first-order chi connectivity index (χ1) is 23.0. The molecule has 7 N–H and O–H groups in total. The summed E-state index contributed by atoms with van der Waals surface area (Å²) in [5, 5.41) is 70.8. The van der Waals surface area contributed by atoms with E-state index in [9.17, 15) is 35.4 Å². The molecule has 3 heterocycles. The van der Waals surface area contributed by atoms with Gasteiger partial charge in [0.15, 0.2) is 12.6 Å². The lowest BCUT2D eigenvalue weighted by molar-refractivity contribution is -0.322. The molecule has 0 bridgehead atoms. The predicted molar refractivity (Wildman–Crippen MR) is 186 cm³/mol. The van der Waals surface area contributed by atoms with Crippen LogP contribution in [0.5, 0.6) is 0 Å². The highest BCUT2D eigenvalue weighted by atomic mass is 16.7. The van der Waals surface area contributed by atoms with Gasteiger partial charge in [0, 0.05) is 24.3 Å². The number of esters is 1. The zero-order valence-corrected chi connectivity index (χ0v) is 32.3. The maximum absolute atomic E-state index is 14.1. The van der Waals surface area contributed by atoms with Crippen molar-refractivity contribution < 1.29 is 59.1 Å². The minimum atomic E-state index is -1.81. The minimum Gasteiger partial charge on any atom is -0.459 e. The Balaban J connectivity index is 2.13. The third-order valence-corrected chi connectivity index (χ3v) is 11.9. The van der Waals surface area contributed by atoms with E-state index in [0.29, 0.717) is 25.8 Å². The van der Waals surface area contributed by atoms with Crippen molar-refractivity contribution in [3.8, 4) is 0 Å². The topological polar surface area (TPSA) is 197 Å². The molecule has 3 rings (SSSR count). The van der Waals surface area contributed by atoms with Gasteiger partial charge in [0.05, 0.1) is 47.6 Å². The molecule has 0 aliphatic carbocycles. The van der Waals surface area contributed by atoms with Crippen molar-refractivity contribution in [2.75, 3.05) is 13.2 Å². The smallest absolute Gasteiger partial charge is 0.311 e. The molecular weight excluding hydrogens is 650 g/mol. The summed E-state index contributed by atoms with van der Waals surface area (Å²) in [4.78, 5) is 14.1. The van der Waals surface area contributed by atoms with Gasteiger partial charge in [-0.15, -0.1) is 0 Å². The molecule has 0 spiro atoms. The Labute approximate surface area is 299 Å². The Morgan fingerprint density at radius 1 is 0.940 bits per heavy atom. The predicted octanol–water partition coefficient (Wildman–Crippen LogP) is 2.39. The van der Waals surface area contributed by atoms with Gasteiger partial charge < -0.3 is 59.6 Å². The number of aliphatic hydroxyl groups excluding tert-OH is 3. The standard InChI is InChI=1S/C37H69NO12/c1-12-27-37(11,45)30(41)23(6)38-18-20(3)16-36(10,44)31(49-33-26(40)14-15-34(8,13-2)50-33)21(4)29(22(5)32(42)47-27)48-28-17-35(9,43)25(19-39)24(7)46-28/h20-31,33,38-41,43-45H,12-19H2,1-11H3/t20-,21+,22-,23-,24+,25?,26-,27-,28?,29+,30-,31-,33-,34?,35-,36-,37-/m1/s1. The van der Waals surface area contributed by atoms with Gasteiger partial charge in [0.25, 0.3) is 0 Å². The molecule has 3 fully saturated rings. The lowest BCUT2D eigenvalue weighted by Gasteiger charge is -2.48. The first-order valence-corrected chi connectivity index (χ1v) is 18.8. The highest BCUT2D eigenvalue weighted by molar-refractivity contribution is 5.73. The van der Waals surface area contributed by atoms with Crippen LogP contribution in [0.4, 0.5) is 0 Å². The van der Waals surface area contributed by atoms with Crippen LogP contribution in [0.2, 0.25) is 0 Å². The molecular formula is C37H69NO12. The minimum absolute atomic E-state index is 0.00609. The summed E-state index contributed by atoms with van der Waals surface area (Å²) in [6.45, 7) is 19.4. The number of ether oxygens (including phenoxy) is 5. The average Bonchev–Trinajstić information content (AvgIpc) is 3.02. The van der Waals surface area contributed by atoms with Gasteiger partial charge in [0.2, 0.25) is 0 Å².